The first-order valence-corrected chi connectivity index (χ1v) is 8.90. The molecule has 1 aromatic rings. The van der Waals surface area contributed by atoms with Crippen LogP contribution in [0.4, 0.5) is 4.79 Å². The third-order valence-corrected chi connectivity index (χ3v) is 4.71. The summed E-state index contributed by atoms with van der Waals surface area (Å²) in [5, 5.41) is 3.48. The van der Waals surface area contributed by atoms with Crippen LogP contribution in [0.1, 0.15) is 45.7 Å². The van der Waals surface area contributed by atoms with Gasteiger partial charge in [-0.05, 0) is 36.9 Å². The van der Waals surface area contributed by atoms with Gasteiger partial charge in [0.05, 0.1) is 12.7 Å². The van der Waals surface area contributed by atoms with Crippen molar-refractivity contribution in [2.75, 3.05) is 13.7 Å². The van der Waals surface area contributed by atoms with E-state index in [9.17, 15) is 4.79 Å². The number of ether oxygens (including phenoxy) is 1. The van der Waals surface area contributed by atoms with Crippen LogP contribution in [0, 0.1) is 0 Å². The molecule has 0 aromatic heterocycles. The minimum atomic E-state index is -0.464. The number of nitrogens with one attached hydrogen (secondary N) is 1. The third kappa shape index (κ3) is 6.93. The Morgan fingerprint density at radius 1 is 1.26 bits per heavy atom. The molecular formula is C17H26ClNO3Si. The first-order valence-electron chi connectivity index (χ1n) is 7.61. The molecule has 0 aliphatic rings. The summed E-state index contributed by atoms with van der Waals surface area (Å²) in [6, 6.07) is 5.90. The first-order chi connectivity index (χ1) is 10.5. The highest BCUT2D eigenvalue weighted by Crippen LogP contribution is 2.34. The summed E-state index contributed by atoms with van der Waals surface area (Å²) >= 11 is 6.37. The molecule has 2 radical (unpaired) electrons. The van der Waals surface area contributed by atoms with Gasteiger partial charge < -0.3 is 14.5 Å². The van der Waals surface area contributed by atoms with E-state index < -0.39 is 11.7 Å². The second-order valence-corrected chi connectivity index (χ2v) is 9.26. The lowest BCUT2D eigenvalue weighted by Gasteiger charge is -2.30. The van der Waals surface area contributed by atoms with Gasteiger partial charge in [0.1, 0.15) is 0 Å². The lowest BCUT2D eigenvalue weighted by Crippen LogP contribution is -2.28. The number of amides is 1. The van der Waals surface area contributed by atoms with Crippen LogP contribution in [-0.4, -0.2) is 29.5 Å². The van der Waals surface area contributed by atoms with Crippen molar-refractivity contribution < 1.29 is 14.0 Å². The van der Waals surface area contributed by atoms with Crippen molar-refractivity contribution in [1.29, 1.82) is 0 Å². The normalized spacial score (nSPS) is 12.1. The van der Waals surface area contributed by atoms with Crippen LogP contribution < -0.4 is 5.32 Å². The number of hydrogen-bond acceptors (Lipinski definition) is 3. The van der Waals surface area contributed by atoms with Crippen LogP contribution in [0.2, 0.25) is 10.1 Å². The van der Waals surface area contributed by atoms with Crippen molar-refractivity contribution >= 4 is 27.5 Å². The van der Waals surface area contributed by atoms with Crippen molar-refractivity contribution in [3.05, 3.63) is 34.3 Å². The molecule has 0 aliphatic heterocycles. The number of halogens is 1. The van der Waals surface area contributed by atoms with Crippen molar-refractivity contribution in [3.63, 3.8) is 0 Å². The molecule has 0 aliphatic carbocycles. The molecular weight excluding hydrogens is 330 g/mol. The standard InChI is InChI=1S/C17H26ClNO3Si/c1-16(2,3)23-22-17(4,5)13-11-12(7-8-14(13)18)9-10-19-15(20)21-6/h7-8,11H,9-10H2,1-6H3,(H,19,20). The maximum absolute atomic E-state index is 11.1. The van der Waals surface area contributed by atoms with Crippen LogP contribution in [0.3, 0.4) is 0 Å². The van der Waals surface area contributed by atoms with Gasteiger partial charge in [-0.25, -0.2) is 4.79 Å². The fourth-order valence-corrected chi connectivity index (χ4v) is 2.92. The third-order valence-electron chi connectivity index (χ3n) is 3.16. The smallest absolute Gasteiger partial charge is 0.406 e. The molecule has 0 atom stereocenters. The molecule has 23 heavy (non-hydrogen) atoms. The van der Waals surface area contributed by atoms with E-state index in [2.05, 4.69) is 36.9 Å². The van der Waals surface area contributed by atoms with Crippen molar-refractivity contribution in [3.8, 4) is 0 Å². The zero-order valence-corrected chi connectivity index (χ0v) is 16.5. The van der Waals surface area contributed by atoms with Gasteiger partial charge in [-0.3, -0.25) is 0 Å². The molecule has 6 heteroatoms. The Morgan fingerprint density at radius 2 is 1.91 bits per heavy atom. The number of methoxy groups -OCH3 is 1. The van der Waals surface area contributed by atoms with E-state index in [1.54, 1.807) is 0 Å². The average molecular weight is 356 g/mol. The number of rotatable bonds is 6. The van der Waals surface area contributed by atoms with Gasteiger partial charge in [0.15, 0.2) is 0 Å². The summed E-state index contributed by atoms with van der Waals surface area (Å²) in [6.45, 7) is 11.0. The van der Waals surface area contributed by atoms with Gasteiger partial charge >= 0.3 is 6.09 Å². The topological polar surface area (TPSA) is 47.6 Å². The lowest BCUT2D eigenvalue weighted by molar-refractivity contribution is 0.109. The minimum absolute atomic E-state index is 0.117. The molecule has 1 aromatic carbocycles. The van der Waals surface area contributed by atoms with Crippen LogP contribution in [0.5, 0.6) is 0 Å². The van der Waals surface area contributed by atoms with Crippen LogP contribution in [0.25, 0.3) is 0 Å². The average Bonchev–Trinajstić information content (AvgIpc) is 2.46. The molecule has 0 saturated heterocycles. The Morgan fingerprint density at radius 3 is 2.48 bits per heavy atom. The summed E-state index contributed by atoms with van der Waals surface area (Å²) in [5.41, 5.74) is 1.59. The molecule has 0 unspecified atom stereocenters. The Hall–Kier alpha value is -1.04. The zero-order chi connectivity index (χ0) is 17.7. The van der Waals surface area contributed by atoms with Crippen LogP contribution in [0.15, 0.2) is 18.2 Å². The molecule has 0 bridgehead atoms. The molecule has 1 amide bonds. The maximum Gasteiger partial charge on any atom is 0.406 e. The monoisotopic (exact) mass is 355 g/mol. The number of benzene rings is 1. The zero-order valence-electron chi connectivity index (χ0n) is 14.7. The number of carbonyl (C=O) groups excluding carboxylic acids is 1. The Balaban J connectivity index is 2.81. The van der Waals surface area contributed by atoms with Gasteiger partial charge in [0.25, 0.3) is 0 Å². The van der Waals surface area contributed by atoms with Gasteiger partial charge in [-0.2, -0.15) is 0 Å². The van der Waals surface area contributed by atoms with Crippen molar-refractivity contribution in [2.24, 2.45) is 0 Å². The van der Waals surface area contributed by atoms with Gasteiger partial charge in [0, 0.05) is 17.1 Å². The second kappa shape index (κ2) is 8.17. The lowest BCUT2D eigenvalue weighted by atomic mass is 9.95. The van der Waals surface area contributed by atoms with Crippen molar-refractivity contribution in [1.82, 2.24) is 5.32 Å². The molecule has 4 nitrogen and oxygen atoms in total. The molecule has 0 spiro atoms. The quantitative estimate of drug-likeness (QED) is 0.772. The minimum Gasteiger partial charge on any atom is -0.453 e. The van der Waals surface area contributed by atoms with Gasteiger partial charge in [0.2, 0.25) is 9.76 Å². The van der Waals surface area contributed by atoms with E-state index in [0.717, 1.165) is 11.1 Å². The number of carbonyl (C=O) groups is 1. The van der Waals surface area contributed by atoms with E-state index >= 15 is 0 Å². The molecule has 0 saturated carbocycles. The van der Waals surface area contributed by atoms with Crippen LogP contribution >= 0.6 is 11.6 Å². The summed E-state index contributed by atoms with van der Waals surface area (Å²) in [6.07, 6.45) is 0.283. The first kappa shape index (κ1) is 20.0. The number of alkyl carbamates (subject to hydrolysis) is 1. The Labute approximate surface area is 146 Å². The highest BCUT2D eigenvalue weighted by molar-refractivity contribution is 6.32. The van der Waals surface area contributed by atoms with E-state index in [-0.39, 0.29) is 5.04 Å². The highest BCUT2D eigenvalue weighted by atomic mass is 35.5. The van der Waals surface area contributed by atoms with Gasteiger partial charge in [-0.15, -0.1) is 0 Å². The Bertz CT molecular complexity index is 541. The number of hydrogen-bond donors (Lipinski definition) is 1. The van der Waals surface area contributed by atoms with E-state index in [0.29, 0.717) is 27.8 Å². The fourth-order valence-electron chi connectivity index (χ4n) is 1.91. The molecule has 0 fully saturated rings. The fraction of sp³-hybridized carbons (Fsp3) is 0.588. The molecule has 128 valence electrons. The van der Waals surface area contributed by atoms with E-state index in [1.165, 1.54) is 7.11 Å². The van der Waals surface area contributed by atoms with E-state index in [1.807, 2.05) is 26.0 Å². The van der Waals surface area contributed by atoms with Crippen LogP contribution in [-0.2, 0) is 21.2 Å². The largest absolute Gasteiger partial charge is 0.453 e. The summed E-state index contributed by atoms with van der Waals surface area (Å²) in [4.78, 5) is 11.1. The second-order valence-electron chi connectivity index (χ2n) is 6.95. The molecule has 1 N–H and O–H groups in total. The summed E-state index contributed by atoms with van der Waals surface area (Å²) < 4.78 is 10.7. The van der Waals surface area contributed by atoms with E-state index in [4.69, 9.17) is 16.0 Å². The molecule has 1 rings (SSSR count). The Kier molecular flexibility index (Phi) is 7.11. The maximum atomic E-state index is 11.1. The predicted molar refractivity (Wildman–Crippen MR) is 95.1 cm³/mol. The summed E-state index contributed by atoms with van der Waals surface area (Å²) in [7, 11) is 1.73. The summed E-state index contributed by atoms with van der Waals surface area (Å²) in [5.74, 6) is 0. The van der Waals surface area contributed by atoms with Crippen molar-refractivity contribution in [2.45, 2.75) is 51.7 Å². The highest BCUT2D eigenvalue weighted by Gasteiger charge is 2.27. The SMILES string of the molecule is COC(=O)NCCc1ccc(Cl)c(C(C)(C)O[Si]C(C)(C)C)c1. The predicted octanol–water partition coefficient (Wildman–Crippen LogP) is 4.33. The molecule has 0 heterocycles. The van der Waals surface area contributed by atoms with Gasteiger partial charge in [-0.1, -0.05) is 44.5 Å².